The lowest BCUT2D eigenvalue weighted by Gasteiger charge is -2.14. The van der Waals surface area contributed by atoms with Crippen LogP contribution in [0.15, 0.2) is 36.9 Å². The van der Waals surface area contributed by atoms with E-state index in [2.05, 4.69) is 17.2 Å². The molecule has 1 aromatic heterocycles. The zero-order chi connectivity index (χ0) is 14.5. The van der Waals surface area contributed by atoms with Gasteiger partial charge < -0.3 is 9.88 Å². The van der Waals surface area contributed by atoms with Crippen LogP contribution in [-0.4, -0.2) is 21.0 Å². The molecular weight excluding hydrogens is 256 g/mol. The number of nitro groups is 1. The Balaban J connectivity index is 1.90. The van der Waals surface area contributed by atoms with Crippen molar-refractivity contribution in [2.75, 3.05) is 11.9 Å². The Hall–Kier alpha value is -2.37. The van der Waals surface area contributed by atoms with Gasteiger partial charge in [0.05, 0.1) is 11.3 Å². The Morgan fingerprint density at radius 2 is 2.30 bits per heavy atom. The summed E-state index contributed by atoms with van der Waals surface area (Å²) < 4.78 is 2.04. The molecule has 0 aliphatic heterocycles. The molecular formula is C14H18N4O2. The van der Waals surface area contributed by atoms with Crippen molar-refractivity contribution in [3.8, 4) is 0 Å². The molecule has 0 bridgehead atoms. The van der Waals surface area contributed by atoms with Gasteiger partial charge in [0.1, 0.15) is 0 Å². The van der Waals surface area contributed by atoms with Gasteiger partial charge in [-0.2, -0.15) is 0 Å². The van der Waals surface area contributed by atoms with Gasteiger partial charge in [0.15, 0.2) is 0 Å². The zero-order valence-corrected chi connectivity index (χ0v) is 11.6. The van der Waals surface area contributed by atoms with Crippen molar-refractivity contribution >= 4 is 11.4 Å². The van der Waals surface area contributed by atoms with Crippen LogP contribution in [-0.2, 0) is 6.54 Å². The summed E-state index contributed by atoms with van der Waals surface area (Å²) in [5, 5.41) is 14.1. The molecule has 2 aromatic rings. The van der Waals surface area contributed by atoms with Crippen molar-refractivity contribution in [1.82, 2.24) is 9.55 Å². The normalized spacial score (nSPS) is 12.1. The molecule has 0 spiro atoms. The molecule has 1 aromatic carbocycles. The standard InChI is InChI=1S/C14H18N4O2/c1-11(9-17-6-5-15-10-17)8-16-13-3-4-14(18(19)20)12(2)7-13/h3-7,10-11,16H,8-9H2,1-2H3/t11-/m0/s1. The third-order valence-electron chi connectivity index (χ3n) is 3.13. The van der Waals surface area contributed by atoms with Crippen LogP contribution in [0.3, 0.4) is 0 Å². The van der Waals surface area contributed by atoms with Crippen molar-refractivity contribution in [3.63, 3.8) is 0 Å². The predicted octanol–water partition coefficient (Wildman–Crippen LogP) is 2.85. The lowest BCUT2D eigenvalue weighted by Crippen LogP contribution is -2.16. The average Bonchev–Trinajstić information content (AvgIpc) is 2.89. The van der Waals surface area contributed by atoms with E-state index in [1.807, 2.05) is 16.8 Å². The van der Waals surface area contributed by atoms with Crippen molar-refractivity contribution in [2.45, 2.75) is 20.4 Å². The van der Waals surface area contributed by atoms with E-state index in [0.29, 0.717) is 11.5 Å². The Morgan fingerprint density at radius 3 is 2.90 bits per heavy atom. The molecule has 2 rings (SSSR count). The Bertz CT molecular complexity index is 581. The molecule has 0 unspecified atom stereocenters. The van der Waals surface area contributed by atoms with Crippen LogP contribution < -0.4 is 5.32 Å². The number of aryl methyl sites for hydroxylation is 1. The highest BCUT2D eigenvalue weighted by atomic mass is 16.6. The fourth-order valence-electron chi connectivity index (χ4n) is 2.08. The molecule has 0 aliphatic rings. The van der Waals surface area contributed by atoms with Gasteiger partial charge in [-0.05, 0) is 25.0 Å². The van der Waals surface area contributed by atoms with Gasteiger partial charge >= 0.3 is 0 Å². The molecule has 0 saturated carbocycles. The largest absolute Gasteiger partial charge is 0.385 e. The maximum absolute atomic E-state index is 10.8. The summed E-state index contributed by atoms with van der Waals surface area (Å²) in [5.74, 6) is 0.430. The number of imidazole rings is 1. The van der Waals surface area contributed by atoms with Crippen LogP contribution in [0, 0.1) is 23.0 Å². The summed E-state index contributed by atoms with van der Waals surface area (Å²) in [7, 11) is 0. The van der Waals surface area contributed by atoms with Crippen LogP contribution in [0.4, 0.5) is 11.4 Å². The number of nitrogens with zero attached hydrogens (tertiary/aromatic N) is 3. The molecule has 0 aliphatic carbocycles. The maximum Gasteiger partial charge on any atom is 0.272 e. The zero-order valence-electron chi connectivity index (χ0n) is 11.6. The minimum absolute atomic E-state index is 0.155. The lowest BCUT2D eigenvalue weighted by atomic mass is 10.1. The topological polar surface area (TPSA) is 73.0 Å². The fraction of sp³-hybridized carbons (Fsp3) is 0.357. The molecule has 20 heavy (non-hydrogen) atoms. The summed E-state index contributed by atoms with van der Waals surface area (Å²) in [6.07, 6.45) is 5.50. The molecule has 0 radical (unpaired) electrons. The summed E-state index contributed by atoms with van der Waals surface area (Å²) >= 11 is 0. The Labute approximate surface area is 117 Å². The number of rotatable bonds is 6. The third-order valence-corrected chi connectivity index (χ3v) is 3.13. The number of hydrogen-bond donors (Lipinski definition) is 1. The monoisotopic (exact) mass is 274 g/mol. The Kier molecular flexibility index (Phi) is 4.34. The molecule has 6 nitrogen and oxygen atoms in total. The highest BCUT2D eigenvalue weighted by Gasteiger charge is 2.10. The molecule has 1 heterocycles. The molecule has 6 heteroatoms. The van der Waals surface area contributed by atoms with E-state index in [-0.39, 0.29) is 10.6 Å². The smallest absolute Gasteiger partial charge is 0.272 e. The predicted molar refractivity (Wildman–Crippen MR) is 77.7 cm³/mol. The number of benzene rings is 1. The number of hydrogen-bond acceptors (Lipinski definition) is 4. The van der Waals surface area contributed by atoms with Crippen molar-refractivity contribution in [2.24, 2.45) is 5.92 Å². The summed E-state index contributed by atoms with van der Waals surface area (Å²) in [5.41, 5.74) is 1.73. The molecule has 0 fully saturated rings. The first-order chi connectivity index (χ1) is 9.56. The quantitative estimate of drug-likeness (QED) is 0.649. The van der Waals surface area contributed by atoms with Crippen LogP contribution in [0.5, 0.6) is 0 Å². The average molecular weight is 274 g/mol. The molecule has 1 atom stereocenters. The van der Waals surface area contributed by atoms with E-state index in [9.17, 15) is 10.1 Å². The van der Waals surface area contributed by atoms with E-state index < -0.39 is 0 Å². The van der Waals surface area contributed by atoms with Gasteiger partial charge in [0.2, 0.25) is 0 Å². The minimum atomic E-state index is -0.360. The molecule has 0 saturated heterocycles. The van der Waals surface area contributed by atoms with Crippen molar-refractivity contribution < 1.29 is 4.92 Å². The molecule has 0 amide bonds. The van der Waals surface area contributed by atoms with Crippen LogP contribution >= 0.6 is 0 Å². The highest BCUT2D eigenvalue weighted by molar-refractivity contribution is 5.53. The second kappa shape index (κ2) is 6.18. The fourth-order valence-corrected chi connectivity index (χ4v) is 2.08. The van der Waals surface area contributed by atoms with Gasteiger partial charge in [-0.25, -0.2) is 4.98 Å². The SMILES string of the molecule is Cc1cc(NC[C@H](C)Cn2ccnc2)ccc1[N+](=O)[O-]. The third kappa shape index (κ3) is 3.57. The second-order valence-electron chi connectivity index (χ2n) is 5.00. The number of nitrogens with one attached hydrogen (secondary N) is 1. The van der Waals surface area contributed by atoms with Gasteiger partial charge in [-0.3, -0.25) is 10.1 Å². The molecule has 1 N–H and O–H groups in total. The first kappa shape index (κ1) is 14.0. The second-order valence-corrected chi connectivity index (χ2v) is 5.00. The van der Waals surface area contributed by atoms with Crippen LogP contribution in [0.25, 0.3) is 0 Å². The van der Waals surface area contributed by atoms with Crippen molar-refractivity contribution in [1.29, 1.82) is 0 Å². The summed E-state index contributed by atoms with van der Waals surface area (Å²) in [4.78, 5) is 14.4. The van der Waals surface area contributed by atoms with Gasteiger partial charge in [-0.15, -0.1) is 0 Å². The van der Waals surface area contributed by atoms with Crippen LogP contribution in [0.2, 0.25) is 0 Å². The maximum atomic E-state index is 10.8. The first-order valence-electron chi connectivity index (χ1n) is 6.51. The number of anilines is 1. The highest BCUT2D eigenvalue weighted by Crippen LogP contribution is 2.21. The van der Waals surface area contributed by atoms with E-state index in [1.165, 1.54) is 6.07 Å². The van der Waals surface area contributed by atoms with E-state index >= 15 is 0 Å². The number of nitro benzene ring substituents is 1. The lowest BCUT2D eigenvalue weighted by molar-refractivity contribution is -0.385. The van der Waals surface area contributed by atoms with Gasteiger partial charge in [0, 0.05) is 42.8 Å². The summed E-state index contributed by atoms with van der Waals surface area (Å²) in [6, 6.07) is 5.09. The minimum Gasteiger partial charge on any atom is -0.385 e. The van der Waals surface area contributed by atoms with Crippen molar-refractivity contribution in [3.05, 3.63) is 52.6 Å². The van der Waals surface area contributed by atoms with E-state index in [0.717, 1.165) is 18.8 Å². The summed E-state index contributed by atoms with van der Waals surface area (Å²) in [6.45, 7) is 5.58. The first-order valence-corrected chi connectivity index (χ1v) is 6.51. The van der Waals surface area contributed by atoms with E-state index in [1.54, 1.807) is 25.5 Å². The van der Waals surface area contributed by atoms with E-state index in [4.69, 9.17) is 0 Å². The van der Waals surface area contributed by atoms with Crippen LogP contribution in [0.1, 0.15) is 12.5 Å². The molecule has 106 valence electrons. The Morgan fingerprint density at radius 1 is 1.50 bits per heavy atom. The number of aromatic nitrogens is 2. The van der Waals surface area contributed by atoms with Gasteiger partial charge in [-0.1, -0.05) is 6.92 Å². The van der Waals surface area contributed by atoms with Gasteiger partial charge in [0.25, 0.3) is 5.69 Å².